The third-order valence-electron chi connectivity index (χ3n) is 7.28. The van der Waals surface area contributed by atoms with Gasteiger partial charge in [0.05, 0.1) is 25.4 Å². The number of carbonyl (C=O) groups excluding carboxylic acids is 1. The minimum absolute atomic E-state index is 0.0732. The number of nitrogens with zero attached hydrogens (tertiary/aromatic N) is 3. The van der Waals surface area contributed by atoms with Gasteiger partial charge in [-0.15, -0.1) is 0 Å². The van der Waals surface area contributed by atoms with Crippen molar-refractivity contribution in [2.75, 3.05) is 13.7 Å². The highest BCUT2D eigenvalue weighted by Gasteiger charge is 2.50. The van der Waals surface area contributed by atoms with Crippen LogP contribution in [0.5, 0.6) is 5.75 Å². The molecule has 1 atom stereocenters. The zero-order valence-electron chi connectivity index (χ0n) is 18.4. The summed E-state index contributed by atoms with van der Waals surface area (Å²) in [6.45, 7) is 3.58. The summed E-state index contributed by atoms with van der Waals surface area (Å²) in [4.78, 5) is 21.7. The largest absolute Gasteiger partial charge is 0.496 e. The molecule has 8 nitrogen and oxygen atoms in total. The molecule has 1 saturated carbocycles. The summed E-state index contributed by atoms with van der Waals surface area (Å²) in [6, 6.07) is 6.45. The second-order valence-corrected chi connectivity index (χ2v) is 9.24. The van der Waals surface area contributed by atoms with Gasteiger partial charge in [-0.05, 0) is 62.3 Å². The first kappa shape index (κ1) is 20.6. The lowest BCUT2D eigenvalue weighted by Crippen LogP contribution is -2.48. The molecule has 2 fully saturated rings. The van der Waals surface area contributed by atoms with Crippen LogP contribution < -0.4 is 10.5 Å². The standard InChI is InChI=1S/C24H27N5O3/c1-14-7-19(31-2)17(16-3-5-27-21(14)16)13-29-6-4-24(8-15(9-24)11-25)10-18(29)23-28-12-20(32-23)22(26)30/h3,5,7,12,15,18,27H,4,6,8-10,13H2,1-2H3,(H2,26,30). The first-order valence-electron chi connectivity index (χ1n) is 11.0. The molecule has 0 radical (unpaired) electrons. The van der Waals surface area contributed by atoms with Crippen LogP contribution in [0, 0.1) is 29.6 Å². The van der Waals surface area contributed by atoms with Gasteiger partial charge in [0.2, 0.25) is 11.7 Å². The van der Waals surface area contributed by atoms with Gasteiger partial charge in [0, 0.05) is 35.1 Å². The van der Waals surface area contributed by atoms with E-state index in [9.17, 15) is 10.1 Å². The van der Waals surface area contributed by atoms with Crippen molar-refractivity contribution >= 4 is 16.8 Å². The number of nitrogens with one attached hydrogen (secondary N) is 1. The number of aryl methyl sites for hydroxylation is 1. The Morgan fingerprint density at radius 1 is 1.47 bits per heavy atom. The molecular weight excluding hydrogens is 406 g/mol. The maximum Gasteiger partial charge on any atom is 0.286 e. The number of aromatic nitrogens is 2. The fraction of sp³-hybridized carbons (Fsp3) is 0.458. The fourth-order valence-electron chi connectivity index (χ4n) is 5.60. The number of amides is 1. The third kappa shape index (κ3) is 3.33. The van der Waals surface area contributed by atoms with Crippen molar-refractivity contribution in [3.8, 4) is 11.8 Å². The van der Waals surface area contributed by atoms with Crippen LogP contribution in [0.3, 0.4) is 0 Å². The van der Waals surface area contributed by atoms with E-state index in [1.165, 1.54) is 6.20 Å². The molecule has 1 saturated heterocycles. The molecule has 166 valence electrons. The second kappa shape index (κ2) is 7.68. The van der Waals surface area contributed by atoms with Gasteiger partial charge in [-0.2, -0.15) is 5.26 Å². The summed E-state index contributed by atoms with van der Waals surface area (Å²) in [5.74, 6) is 0.943. The molecule has 1 unspecified atom stereocenters. The number of hydrogen-bond donors (Lipinski definition) is 2. The van der Waals surface area contributed by atoms with Crippen LogP contribution in [0.25, 0.3) is 10.9 Å². The normalized spacial score (nSPS) is 25.5. The van der Waals surface area contributed by atoms with E-state index >= 15 is 0 Å². The first-order valence-corrected chi connectivity index (χ1v) is 11.0. The number of likely N-dealkylation sites (tertiary alicyclic amines) is 1. The Morgan fingerprint density at radius 2 is 2.28 bits per heavy atom. The Labute approximate surface area is 186 Å². The maximum atomic E-state index is 11.6. The van der Waals surface area contributed by atoms with Crippen LogP contribution in [0.15, 0.2) is 28.9 Å². The molecule has 8 heteroatoms. The second-order valence-electron chi connectivity index (χ2n) is 9.24. The number of rotatable bonds is 5. The van der Waals surface area contributed by atoms with E-state index in [0.29, 0.717) is 12.4 Å². The van der Waals surface area contributed by atoms with E-state index in [1.54, 1.807) is 7.11 Å². The van der Waals surface area contributed by atoms with Crippen molar-refractivity contribution in [3.05, 3.63) is 47.3 Å². The van der Waals surface area contributed by atoms with E-state index < -0.39 is 5.91 Å². The van der Waals surface area contributed by atoms with E-state index in [4.69, 9.17) is 14.9 Å². The van der Waals surface area contributed by atoms with E-state index in [2.05, 4.69) is 40.0 Å². The molecule has 2 aromatic heterocycles. The molecule has 3 aromatic rings. The van der Waals surface area contributed by atoms with Crippen molar-refractivity contribution in [1.82, 2.24) is 14.9 Å². The van der Waals surface area contributed by atoms with Crippen LogP contribution in [0.4, 0.5) is 0 Å². The van der Waals surface area contributed by atoms with Gasteiger partial charge in [0.1, 0.15) is 5.75 Å². The minimum Gasteiger partial charge on any atom is -0.496 e. The SMILES string of the molecule is COc1cc(C)c2[nH]ccc2c1CN1CCC2(CC(C#N)C2)CC1c1ncc(C(N)=O)o1. The number of benzene rings is 1. The third-order valence-corrected chi connectivity index (χ3v) is 7.28. The number of oxazole rings is 1. The number of H-pyrrole nitrogens is 1. The number of fused-ring (bicyclic) bond motifs is 1. The predicted molar refractivity (Wildman–Crippen MR) is 118 cm³/mol. The zero-order chi connectivity index (χ0) is 22.5. The van der Waals surface area contributed by atoms with Crippen molar-refractivity contribution in [2.45, 2.75) is 45.2 Å². The monoisotopic (exact) mass is 433 g/mol. The summed E-state index contributed by atoms with van der Waals surface area (Å²) >= 11 is 0. The number of carbonyl (C=O) groups is 1. The lowest BCUT2D eigenvalue weighted by atomic mass is 9.56. The number of piperidine rings is 1. The average molecular weight is 434 g/mol. The smallest absolute Gasteiger partial charge is 0.286 e. The molecule has 32 heavy (non-hydrogen) atoms. The van der Waals surface area contributed by atoms with E-state index in [-0.39, 0.29) is 23.1 Å². The average Bonchev–Trinajstić information content (AvgIpc) is 3.44. The Balaban J connectivity index is 1.50. The quantitative estimate of drug-likeness (QED) is 0.631. The molecule has 3 N–H and O–H groups in total. The van der Waals surface area contributed by atoms with Crippen molar-refractivity contribution in [3.63, 3.8) is 0 Å². The lowest BCUT2D eigenvalue weighted by Gasteiger charge is -2.52. The molecule has 1 spiro atoms. The molecule has 1 aliphatic carbocycles. The summed E-state index contributed by atoms with van der Waals surface area (Å²) < 4.78 is 11.5. The lowest BCUT2D eigenvalue weighted by molar-refractivity contribution is -0.0372. The molecule has 2 aliphatic rings. The predicted octanol–water partition coefficient (Wildman–Crippen LogP) is 3.83. The highest BCUT2D eigenvalue weighted by Crippen LogP contribution is 2.56. The summed E-state index contributed by atoms with van der Waals surface area (Å²) in [6.07, 6.45) is 7.05. The molecule has 3 heterocycles. The maximum absolute atomic E-state index is 11.6. The van der Waals surface area contributed by atoms with E-state index in [0.717, 1.165) is 60.0 Å². The molecule has 0 bridgehead atoms. The number of methoxy groups -OCH3 is 1. The fourth-order valence-corrected chi connectivity index (χ4v) is 5.60. The number of nitrogens with two attached hydrogens (primary N) is 1. The van der Waals surface area contributed by atoms with Gasteiger partial charge in [0.15, 0.2) is 0 Å². The van der Waals surface area contributed by atoms with Crippen LogP contribution in [0.1, 0.15) is 59.3 Å². The first-order chi connectivity index (χ1) is 15.4. The van der Waals surface area contributed by atoms with E-state index in [1.807, 2.05) is 6.20 Å². The van der Waals surface area contributed by atoms with Crippen LogP contribution in [-0.2, 0) is 6.54 Å². The zero-order valence-corrected chi connectivity index (χ0v) is 18.4. The van der Waals surface area contributed by atoms with Crippen molar-refractivity contribution in [1.29, 1.82) is 5.26 Å². The van der Waals surface area contributed by atoms with Gasteiger partial charge in [0.25, 0.3) is 5.91 Å². The Morgan fingerprint density at radius 3 is 2.97 bits per heavy atom. The van der Waals surface area contributed by atoms with Crippen LogP contribution in [-0.4, -0.2) is 34.4 Å². The summed E-state index contributed by atoms with van der Waals surface area (Å²) in [7, 11) is 1.70. The van der Waals surface area contributed by atoms with Gasteiger partial charge >= 0.3 is 0 Å². The minimum atomic E-state index is -0.622. The van der Waals surface area contributed by atoms with Gasteiger partial charge in [-0.1, -0.05) is 0 Å². The molecule has 1 aromatic carbocycles. The van der Waals surface area contributed by atoms with Crippen molar-refractivity contribution < 1.29 is 13.9 Å². The number of primary amides is 1. The number of nitriles is 1. The van der Waals surface area contributed by atoms with Crippen LogP contribution >= 0.6 is 0 Å². The molecule has 5 rings (SSSR count). The number of ether oxygens (including phenoxy) is 1. The summed E-state index contributed by atoms with van der Waals surface area (Å²) in [5.41, 5.74) is 8.88. The molecule has 1 amide bonds. The topological polar surface area (TPSA) is 121 Å². The highest BCUT2D eigenvalue weighted by molar-refractivity contribution is 5.89. The Bertz CT molecular complexity index is 1210. The van der Waals surface area contributed by atoms with Crippen LogP contribution in [0.2, 0.25) is 0 Å². The molecular formula is C24H27N5O3. The van der Waals surface area contributed by atoms with Gasteiger partial charge in [-0.3, -0.25) is 9.69 Å². The Kier molecular flexibility index (Phi) is 4.94. The Hall–Kier alpha value is -3.31. The summed E-state index contributed by atoms with van der Waals surface area (Å²) in [5, 5.41) is 10.4. The number of aromatic amines is 1. The van der Waals surface area contributed by atoms with Gasteiger partial charge in [-0.25, -0.2) is 4.98 Å². The molecule has 1 aliphatic heterocycles. The highest BCUT2D eigenvalue weighted by atomic mass is 16.5. The number of hydrogen-bond acceptors (Lipinski definition) is 6. The van der Waals surface area contributed by atoms with Crippen molar-refractivity contribution in [2.24, 2.45) is 17.1 Å². The van der Waals surface area contributed by atoms with Gasteiger partial charge < -0.3 is 19.9 Å².